The van der Waals surface area contributed by atoms with E-state index in [9.17, 15) is 0 Å². The van der Waals surface area contributed by atoms with E-state index in [0.29, 0.717) is 5.96 Å². The minimum Gasteiger partial charge on any atom is -0.495 e. The molecule has 0 fully saturated rings. The first-order chi connectivity index (χ1) is 7.36. The van der Waals surface area contributed by atoms with E-state index in [4.69, 9.17) is 10.6 Å². The van der Waals surface area contributed by atoms with Gasteiger partial charge in [-0.25, -0.2) is 10.8 Å². The standard InChI is InChI=1S/C10H14N4O.HI/c1-15-9-5-3-2-4-8(9)14-7-6-12-10(14)13-11;/h2-5H,6-7,11H2,1H3,(H,12,13);1H. The van der Waals surface area contributed by atoms with Crippen molar-refractivity contribution in [3.63, 3.8) is 0 Å². The molecule has 0 amide bonds. The van der Waals surface area contributed by atoms with Gasteiger partial charge in [0.05, 0.1) is 19.3 Å². The molecule has 2 rings (SSSR count). The van der Waals surface area contributed by atoms with Crippen LogP contribution >= 0.6 is 24.0 Å². The molecular formula is C10H15IN4O. The van der Waals surface area contributed by atoms with E-state index in [1.165, 1.54) is 0 Å². The summed E-state index contributed by atoms with van der Waals surface area (Å²) >= 11 is 0. The molecule has 3 N–H and O–H groups in total. The van der Waals surface area contributed by atoms with Crippen molar-refractivity contribution >= 4 is 35.6 Å². The lowest BCUT2D eigenvalue weighted by Crippen LogP contribution is -2.42. The molecule has 0 aromatic heterocycles. The summed E-state index contributed by atoms with van der Waals surface area (Å²) in [5.41, 5.74) is 3.56. The van der Waals surface area contributed by atoms with E-state index in [2.05, 4.69) is 10.4 Å². The molecule has 1 aromatic rings. The van der Waals surface area contributed by atoms with Crippen molar-refractivity contribution in [2.24, 2.45) is 10.8 Å². The number of methoxy groups -OCH3 is 1. The molecule has 1 aliphatic rings. The van der Waals surface area contributed by atoms with Crippen LogP contribution in [0.4, 0.5) is 5.69 Å². The maximum atomic E-state index is 5.39. The van der Waals surface area contributed by atoms with Crippen molar-refractivity contribution in [2.75, 3.05) is 25.1 Å². The molecule has 0 saturated carbocycles. The fourth-order valence-corrected chi connectivity index (χ4v) is 1.66. The van der Waals surface area contributed by atoms with Crippen LogP contribution in [0.25, 0.3) is 0 Å². The predicted octanol–water partition coefficient (Wildman–Crippen LogP) is 0.952. The van der Waals surface area contributed by atoms with Gasteiger partial charge < -0.3 is 9.64 Å². The lowest BCUT2D eigenvalue weighted by molar-refractivity contribution is 0.415. The Bertz CT molecular complexity index is 383. The SMILES string of the molecule is COc1ccccc1N1CCN=C1NN.I. The third-order valence-electron chi connectivity index (χ3n) is 2.35. The average molecular weight is 334 g/mol. The number of halogens is 1. The van der Waals surface area contributed by atoms with Crippen LogP contribution in [0, 0.1) is 0 Å². The van der Waals surface area contributed by atoms with E-state index in [0.717, 1.165) is 24.5 Å². The zero-order valence-electron chi connectivity index (χ0n) is 9.01. The Morgan fingerprint density at radius 2 is 2.19 bits per heavy atom. The highest BCUT2D eigenvalue weighted by Crippen LogP contribution is 2.28. The van der Waals surface area contributed by atoms with E-state index >= 15 is 0 Å². The summed E-state index contributed by atoms with van der Waals surface area (Å²) in [5.74, 6) is 6.89. The summed E-state index contributed by atoms with van der Waals surface area (Å²) in [6, 6.07) is 7.80. The Morgan fingerprint density at radius 3 is 2.88 bits per heavy atom. The lowest BCUT2D eigenvalue weighted by Gasteiger charge is -2.21. The maximum absolute atomic E-state index is 5.39. The molecule has 0 radical (unpaired) electrons. The van der Waals surface area contributed by atoms with Gasteiger partial charge in [0, 0.05) is 6.54 Å². The maximum Gasteiger partial charge on any atom is 0.213 e. The number of guanidine groups is 1. The first-order valence-electron chi connectivity index (χ1n) is 4.78. The Morgan fingerprint density at radius 1 is 1.44 bits per heavy atom. The van der Waals surface area contributed by atoms with Gasteiger partial charge in [-0.1, -0.05) is 12.1 Å². The van der Waals surface area contributed by atoms with Crippen LogP contribution in [0.15, 0.2) is 29.3 Å². The fraction of sp³-hybridized carbons (Fsp3) is 0.300. The number of para-hydroxylation sites is 2. The minimum atomic E-state index is 0. The van der Waals surface area contributed by atoms with Gasteiger partial charge in [0.25, 0.3) is 0 Å². The summed E-state index contributed by atoms with van der Waals surface area (Å²) in [6.07, 6.45) is 0. The largest absolute Gasteiger partial charge is 0.495 e. The highest BCUT2D eigenvalue weighted by Gasteiger charge is 2.20. The summed E-state index contributed by atoms with van der Waals surface area (Å²) in [7, 11) is 1.65. The quantitative estimate of drug-likeness (QED) is 0.480. The fourth-order valence-electron chi connectivity index (χ4n) is 1.66. The predicted molar refractivity (Wildman–Crippen MR) is 75.4 cm³/mol. The number of ether oxygens (including phenoxy) is 1. The van der Waals surface area contributed by atoms with Gasteiger partial charge in [0.2, 0.25) is 5.96 Å². The molecule has 5 nitrogen and oxygen atoms in total. The van der Waals surface area contributed by atoms with E-state index in [1.54, 1.807) is 7.11 Å². The van der Waals surface area contributed by atoms with Crippen LogP contribution in [0.1, 0.15) is 0 Å². The molecule has 0 unspecified atom stereocenters. The van der Waals surface area contributed by atoms with Crippen molar-refractivity contribution in [1.29, 1.82) is 0 Å². The number of benzene rings is 1. The van der Waals surface area contributed by atoms with Gasteiger partial charge in [-0.15, -0.1) is 24.0 Å². The highest BCUT2D eigenvalue weighted by atomic mass is 127. The van der Waals surface area contributed by atoms with Gasteiger partial charge in [0.1, 0.15) is 5.75 Å². The van der Waals surface area contributed by atoms with E-state index in [-0.39, 0.29) is 24.0 Å². The molecule has 0 aliphatic carbocycles. The number of hydrogen-bond donors (Lipinski definition) is 2. The summed E-state index contributed by atoms with van der Waals surface area (Å²) in [4.78, 5) is 6.24. The molecule has 1 heterocycles. The van der Waals surface area contributed by atoms with Gasteiger partial charge in [-0.3, -0.25) is 5.43 Å². The average Bonchev–Trinajstić information content (AvgIpc) is 2.76. The van der Waals surface area contributed by atoms with Crippen LogP contribution in [0.3, 0.4) is 0 Å². The van der Waals surface area contributed by atoms with Crippen molar-refractivity contribution < 1.29 is 4.74 Å². The van der Waals surface area contributed by atoms with E-state index < -0.39 is 0 Å². The van der Waals surface area contributed by atoms with Gasteiger partial charge in [-0.05, 0) is 12.1 Å². The van der Waals surface area contributed by atoms with Crippen molar-refractivity contribution in [3.8, 4) is 5.75 Å². The second kappa shape index (κ2) is 5.90. The molecule has 0 saturated heterocycles. The summed E-state index contributed by atoms with van der Waals surface area (Å²) in [6.45, 7) is 1.57. The Labute approximate surface area is 112 Å². The van der Waals surface area contributed by atoms with Crippen LogP contribution < -0.4 is 20.9 Å². The minimum absolute atomic E-state index is 0. The molecule has 0 bridgehead atoms. The number of nitrogens with two attached hydrogens (primary N) is 1. The molecule has 1 aliphatic heterocycles. The van der Waals surface area contributed by atoms with Gasteiger partial charge >= 0.3 is 0 Å². The van der Waals surface area contributed by atoms with Crippen LogP contribution in [-0.2, 0) is 0 Å². The first kappa shape index (κ1) is 13.0. The van der Waals surface area contributed by atoms with Crippen molar-refractivity contribution in [2.45, 2.75) is 0 Å². The number of nitrogens with zero attached hydrogens (tertiary/aromatic N) is 2. The molecular weight excluding hydrogens is 319 g/mol. The first-order valence-corrected chi connectivity index (χ1v) is 4.78. The molecule has 16 heavy (non-hydrogen) atoms. The Kier molecular flexibility index (Phi) is 4.81. The number of hydrazine groups is 1. The number of aliphatic imine (C=N–C) groups is 1. The second-order valence-electron chi connectivity index (χ2n) is 3.17. The zero-order valence-corrected chi connectivity index (χ0v) is 11.3. The van der Waals surface area contributed by atoms with Crippen molar-refractivity contribution in [3.05, 3.63) is 24.3 Å². The second-order valence-corrected chi connectivity index (χ2v) is 3.17. The van der Waals surface area contributed by atoms with Gasteiger partial charge in [0.15, 0.2) is 0 Å². The van der Waals surface area contributed by atoms with Crippen LogP contribution in [0.2, 0.25) is 0 Å². The van der Waals surface area contributed by atoms with Gasteiger partial charge in [-0.2, -0.15) is 0 Å². The summed E-state index contributed by atoms with van der Waals surface area (Å²) < 4.78 is 5.29. The molecule has 0 spiro atoms. The Hall–Kier alpha value is -1.02. The Balaban J connectivity index is 0.00000128. The van der Waals surface area contributed by atoms with Crippen molar-refractivity contribution in [1.82, 2.24) is 5.43 Å². The monoisotopic (exact) mass is 334 g/mol. The zero-order chi connectivity index (χ0) is 10.7. The third kappa shape index (κ3) is 2.38. The smallest absolute Gasteiger partial charge is 0.213 e. The van der Waals surface area contributed by atoms with E-state index in [1.807, 2.05) is 29.2 Å². The van der Waals surface area contributed by atoms with Crippen LogP contribution in [0.5, 0.6) is 5.75 Å². The topological polar surface area (TPSA) is 62.9 Å². The molecule has 6 heteroatoms. The third-order valence-corrected chi connectivity index (χ3v) is 2.35. The number of anilines is 1. The van der Waals surface area contributed by atoms with Crippen LogP contribution in [-0.4, -0.2) is 26.2 Å². The molecule has 1 aromatic carbocycles. The normalized spacial score (nSPS) is 14.1. The summed E-state index contributed by atoms with van der Waals surface area (Å²) in [5, 5.41) is 0. The highest BCUT2D eigenvalue weighted by molar-refractivity contribution is 14.0. The molecule has 0 atom stereocenters. The number of nitrogens with one attached hydrogen (secondary N) is 1. The number of hydrogen-bond acceptors (Lipinski definition) is 5. The number of rotatable bonds is 2. The lowest BCUT2D eigenvalue weighted by atomic mass is 10.2. The molecule has 88 valence electrons.